The van der Waals surface area contributed by atoms with Crippen molar-refractivity contribution >= 4 is 5.91 Å². The fourth-order valence-corrected chi connectivity index (χ4v) is 1.74. The maximum absolute atomic E-state index is 11.2. The third-order valence-corrected chi connectivity index (χ3v) is 2.52. The van der Waals surface area contributed by atoms with E-state index in [4.69, 9.17) is 10.5 Å². The van der Waals surface area contributed by atoms with E-state index in [-0.39, 0.29) is 11.6 Å². The normalized spacial score (nSPS) is 11.1. The monoisotopic (exact) mass is 240 g/mol. The minimum Gasteiger partial charge on any atom is -0.385 e. The van der Waals surface area contributed by atoms with Gasteiger partial charge >= 0.3 is 0 Å². The van der Waals surface area contributed by atoms with Crippen molar-refractivity contribution in [3.8, 4) is 0 Å². The third kappa shape index (κ3) is 3.52. The van der Waals surface area contributed by atoms with E-state index in [1.807, 2.05) is 13.8 Å². The van der Waals surface area contributed by atoms with E-state index in [2.05, 4.69) is 10.3 Å². The molecular formula is C11H20N4O2. The number of amides is 1. The van der Waals surface area contributed by atoms with Crippen molar-refractivity contribution in [2.75, 3.05) is 13.7 Å². The summed E-state index contributed by atoms with van der Waals surface area (Å²) in [5.74, 6) is -0.341. The molecule has 0 aliphatic rings. The number of carbonyl (C=O) groups is 1. The van der Waals surface area contributed by atoms with Gasteiger partial charge in [0.15, 0.2) is 5.69 Å². The van der Waals surface area contributed by atoms with Gasteiger partial charge in [-0.1, -0.05) is 19.1 Å². The lowest BCUT2D eigenvalue weighted by Crippen LogP contribution is -2.16. The van der Waals surface area contributed by atoms with Gasteiger partial charge in [0.2, 0.25) is 0 Å². The van der Waals surface area contributed by atoms with E-state index >= 15 is 0 Å². The number of nitrogens with zero attached hydrogens (tertiary/aromatic N) is 3. The molecule has 6 heteroatoms. The van der Waals surface area contributed by atoms with E-state index in [1.54, 1.807) is 11.8 Å². The summed E-state index contributed by atoms with van der Waals surface area (Å²) >= 11 is 0. The second-order valence-corrected chi connectivity index (χ2v) is 4.27. The van der Waals surface area contributed by atoms with Crippen LogP contribution in [0.5, 0.6) is 0 Å². The molecule has 0 radical (unpaired) electrons. The molecule has 0 spiro atoms. The summed E-state index contributed by atoms with van der Waals surface area (Å²) in [5.41, 5.74) is 6.37. The Bertz CT molecular complexity index is 374. The number of hydrogen-bond acceptors (Lipinski definition) is 4. The molecule has 1 aromatic rings. The maximum Gasteiger partial charge on any atom is 0.271 e. The molecule has 6 nitrogen and oxygen atoms in total. The highest BCUT2D eigenvalue weighted by atomic mass is 16.5. The average molecular weight is 240 g/mol. The molecule has 1 rings (SSSR count). The molecule has 0 aromatic carbocycles. The van der Waals surface area contributed by atoms with Crippen LogP contribution < -0.4 is 5.73 Å². The lowest BCUT2D eigenvalue weighted by molar-refractivity contribution is 0.0994. The third-order valence-electron chi connectivity index (χ3n) is 2.52. The van der Waals surface area contributed by atoms with Crippen LogP contribution in [0.2, 0.25) is 0 Å². The summed E-state index contributed by atoms with van der Waals surface area (Å²) in [6.07, 6.45) is 1.90. The average Bonchev–Trinajstić information content (AvgIpc) is 2.68. The van der Waals surface area contributed by atoms with Crippen LogP contribution in [-0.2, 0) is 11.3 Å². The van der Waals surface area contributed by atoms with Gasteiger partial charge in [0.05, 0.1) is 5.69 Å². The zero-order chi connectivity index (χ0) is 12.8. The molecule has 1 aromatic heterocycles. The number of rotatable bonds is 7. The van der Waals surface area contributed by atoms with Crippen molar-refractivity contribution < 1.29 is 9.53 Å². The smallest absolute Gasteiger partial charge is 0.271 e. The Morgan fingerprint density at radius 3 is 2.71 bits per heavy atom. The number of hydrogen-bond donors (Lipinski definition) is 1. The van der Waals surface area contributed by atoms with Crippen molar-refractivity contribution in [1.82, 2.24) is 15.0 Å². The van der Waals surface area contributed by atoms with Crippen LogP contribution in [-0.4, -0.2) is 34.6 Å². The number of carbonyl (C=O) groups excluding carboxylic acids is 1. The van der Waals surface area contributed by atoms with Crippen LogP contribution in [0, 0.1) is 0 Å². The van der Waals surface area contributed by atoms with Crippen molar-refractivity contribution in [3.63, 3.8) is 0 Å². The van der Waals surface area contributed by atoms with Gasteiger partial charge in [-0.2, -0.15) is 0 Å². The fourth-order valence-electron chi connectivity index (χ4n) is 1.74. The predicted molar refractivity (Wildman–Crippen MR) is 63.7 cm³/mol. The first-order valence-corrected chi connectivity index (χ1v) is 5.80. The summed E-state index contributed by atoms with van der Waals surface area (Å²) in [5, 5.41) is 7.82. The maximum atomic E-state index is 11.2. The molecule has 17 heavy (non-hydrogen) atoms. The Kier molecular flexibility index (Phi) is 5.09. The largest absolute Gasteiger partial charge is 0.385 e. The molecular weight excluding hydrogens is 220 g/mol. The molecule has 2 N–H and O–H groups in total. The van der Waals surface area contributed by atoms with Crippen molar-refractivity contribution in [2.45, 2.75) is 39.2 Å². The topological polar surface area (TPSA) is 83.0 Å². The van der Waals surface area contributed by atoms with Crippen LogP contribution in [0.15, 0.2) is 0 Å². The molecule has 0 unspecified atom stereocenters. The van der Waals surface area contributed by atoms with E-state index in [1.165, 1.54) is 0 Å². The SMILES string of the molecule is COCCCCn1nnc(C(N)=O)c1C(C)C. The Hall–Kier alpha value is -1.43. The number of ether oxygens (including phenoxy) is 1. The van der Waals surface area contributed by atoms with E-state index in [0.717, 1.165) is 31.7 Å². The number of nitrogens with two attached hydrogens (primary N) is 1. The summed E-state index contributed by atoms with van der Waals surface area (Å²) in [4.78, 5) is 11.2. The lowest BCUT2D eigenvalue weighted by Gasteiger charge is -2.09. The van der Waals surface area contributed by atoms with Gasteiger partial charge in [-0.05, 0) is 18.8 Å². The quantitative estimate of drug-likeness (QED) is 0.718. The molecule has 0 aliphatic heterocycles. The lowest BCUT2D eigenvalue weighted by atomic mass is 10.1. The molecule has 0 atom stereocenters. The molecule has 0 saturated heterocycles. The van der Waals surface area contributed by atoms with E-state index in [9.17, 15) is 4.79 Å². The zero-order valence-electron chi connectivity index (χ0n) is 10.6. The predicted octanol–water partition coefficient (Wildman–Crippen LogP) is 0.927. The molecule has 0 bridgehead atoms. The molecule has 0 aliphatic carbocycles. The minimum absolute atomic E-state index is 0.176. The van der Waals surface area contributed by atoms with E-state index < -0.39 is 5.91 Å². The van der Waals surface area contributed by atoms with Crippen molar-refractivity contribution in [2.24, 2.45) is 5.73 Å². The summed E-state index contributed by atoms with van der Waals surface area (Å²) in [7, 11) is 1.68. The summed E-state index contributed by atoms with van der Waals surface area (Å²) in [6, 6.07) is 0. The molecule has 1 heterocycles. The highest BCUT2D eigenvalue weighted by Crippen LogP contribution is 2.17. The van der Waals surface area contributed by atoms with Gasteiger partial charge in [-0.3, -0.25) is 4.79 Å². The first-order valence-electron chi connectivity index (χ1n) is 5.80. The number of methoxy groups -OCH3 is 1. The van der Waals surface area contributed by atoms with Crippen molar-refractivity contribution in [3.05, 3.63) is 11.4 Å². The first kappa shape index (κ1) is 13.6. The Morgan fingerprint density at radius 1 is 1.47 bits per heavy atom. The minimum atomic E-state index is -0.517. The Labute approximate surface area is 101 Å². The Morgan fingerprint density at radius 2 is 2.18 bits per heavy atom. The summed E-state index contributed by atoms with van der Waals surface area (Å²) in [6.45, 7) is 5.46. The summed E-state index contributed by atoms with van der Waals surface area (Å²) < 4.78 is 6.75. The van der Waals surface area contributed by atoms with Gasteiger partial charge in [-0.25, -0.2) is 4.68 Å². The number of aromatic nitrogens is 3. The Balaban J connectivity index is 2.74. The second-order valence-electron chi connectivity index (χ2n) is 4.27. The van der Waals surface area contributed by atoms with Crippen LogP contribution >= 0.6 is 0 Å². The fraction of sp³-hybridized carbons (Fsp3) is 0.727. The van der Waals surface area contributed by atoms with Crippen LogP contribution in [0.4, 0.5) is 0 Å². The van der Waals surface area contributed by atoms with Gasteiger partial charge < -0.3 is 10.5 Å². The molecule has 0 fully saturated rings. The number of primary amides is 1. The van der Waals surface area contributed by atoms with Gasteiger partial charge in [-0.15, -0.1) is 5.10 Å². The molecule has 0 saturated carbocycles. The van der Waals surface area contributed by atoms with Gasteiger partial charge in [0.25, 0.3) is 5.91 Å². The van der Waals surface area contributed by atoms with Crippen molar-refractivity contribution in [1.29, 1.82) is 0 Å². The highest BCUT2D eigenvalue weighted by Gasteiger charge is 2.19. The number of aryl methyl sites for hydroxylation is 1. The van der Waals surface area contributed by atoms with Gasteiger partial charge in [0, 0.05) is 20.3 Å². The highest BCUT2D eigenvalue weighted by molar-refractivity contribution is 5.91. The number of unbranched alkanes of at least 4 members (excludes halogenated alkanes) is 1. The molecule has 96 valence electrons. The van der Waals surface area contributed by atoms with Crippen LogP contribution in [0.1, 0.15) is 48.8 Å². The van der Waals surface area contributed by atoms with E-state index in [0.29, 0.717) is 0 Å². The van der Waals surface area contributed by atoms with Crippen LogP contribution in [0.25, 0.3) is 0 Å². The standard InChI is InChI=1S/C11H20N4O2/c1-8(2)10-9(11(12)16)13-14-15(10)6-4-5-7-17-3/h8H,4-7H2,1-3H3,(H2,12,16). The van der Waals surface area contributed by atoms with Crippen LogP contribution in [0.3, 0.4) is 0 Å². The molecule has 1 amide bonds. The first-order chi connectivity index (χ1) is 8.07. The second kappa shape index (κ2) is 6.34. The zero-order valence-corrected chi connectivity index (χ0v) is 10.6. The van der Waals surface area contributed by atoms with Gasteiger partial charge in [0.1, 0.15) is 0 Å².